The van der Waals surface area contributed by atoms with Gasteiger partial charge in [-0.1, -0.05) is 6.07 Å². The van der Waals surface area contributed by atoms with E-state index in [-0.39, 0.29) is 16.7 Å². The number of amides is 2. The van der Waals surface area contributed by atoms with Crippen molar-refractivity contribution in [2.45, 2.75) is 68.9 Å². The molecule has 0 radical (unpaired) electrons. The zero-order chi connectivity index (χ0) is 22.7. The molecule has 1 aliphatic heterocycles. The lowest BCUT2D eigenvalue weighted by Gasteiger charge is -2.21. The maximum atomic E-state index is 13.2. The van der Waals surface area contributed by atoms with Gasteiger partial charge < -0.3 is 14.8 Å². The molecule has 9 nitrogen and oxygen atoms in total. The number of aryl methyl sites for hydroxylation is 2. The van der Waals surface area contributed by atoms with Crippen LogP contribution >= 0.6 is 0 Å². The molecule has 2 aliphatic carbocycles. The van der Waals surface area contributed by atoms with Crippen molar-refractivity contribution in [2.75, 3.05) is 19.0 Å². The Labute approximate surface area is 188 Å². The quantitative estimate of drug-likeness (QED) is 0.634. The Bertz CT molecular complexity index is 1200. The predicted molar refractivity (Wildman–Crippen MR) is 120 cm³/mol. The molecule has 0 bridgehead atoms. The molecular formula is C22H29N5O4S. The summed E-state index contributed by atoms with van der Waals surface area (Å²) in [6.45, 7) is 4.87. The summed E-state index contributed by atoms with van der Waals surface area (Å²) in [6, 6.07) is 1.62. The van der Waals surface area contributed by atoms with Crippen LogP contribution in [0.4, 0.5) is 10.5 Å². The van der Waals surface area contributed by atoms with Crippen molar-refractivity contribution in [1.29, 1.82) is 4.78 Å². The van der Waals surface area contributed by atoms with Crippen molar-refractivity contribution in [3.05, 3.63) is 34.5 Å². The highest BCUT2D eigenvalue weighted by molar-refractivity contribution is 7.91. The van der Waals surface area contributed by atoms with Crippen molar-refractivity contribution in [1.82, 2.24) is 14.5 Å². The molecule has 5 rings (SSSR count). The number of nitrogens with one attached hydrogen (secondary N) is 3. The first-order chi connectivity index (χ1) is 15.2. The van der Waals surface area contributed by atoms with Gasteiger partial charge in [-0.25, -0.2) is 23.2 Å². The van der Waals surface area contributed by atoms with E-state index in [4.69, 9.17) is 14.3 Å². The standard InChI is InChI=1S/C22H29N5O4S/c1-22(2)12-27-20(31-22)17(10-24-27)32(23,29)26-21(28)25-19-16-6-4-5-13(16)9-14-7-8-15(11-30-3)18(14)19/h9-10,15H,4-8,11-12H2,1-3H3,(H3,23,25,26,28,29)/t15-,32?/m0/s1. The minimum atomic E-state index is -3.66. The Kier molecular flexibility index (Phi) is 4.97. The van der Waals surface area contributed by atoms with E-state index in [1.807, 2.05) is 13.8 Å². The number of fused-ring (bicyclic) bond motifs is 3. The van der Waals surface area contributed by atoms with Crippen LogP contribution < -0.4 is 14.8 Å². The highest BCUT2D eigenvalue weighted by Gasteiger charge is 2.37. The Morgan fingerprint density at radius 3 is 2.97 bits per heavy atom. The monoisotopic (exact) mass is 459 g/mol. The van der Waals surface area contributed by atoms with E-state index < -0.39 is 21.5 Å². The van der Waals surface area contributed by atoms with Gasteiger partial charge in [0.15, 0.2) is 9.92 Å². The number of aromatic nitrogens is 2. The number of ether oxygens (including phenoxy) is 2. The third kappa shape index (κ3) is 3.55. The Hall–Kier alpha value is -2.59. The van der Waals surface area contributed by atoms with Crippen LogP contribution in [0.1, 0.15) is 54.9 Å². The van der Waals surface area contributed by atoms with E-state index in [2.05, 4.69) is 21.2 Å². The number of urea groups is 1. The fourth-order valence-corrected chi connectivity index (χ4v) is 6.24. The number of hydrogen-bond donors (Lipinski definition) is 3. The first-order valence-electron chi connectivity index (χ1n) is 11.0. The van der Waals surface area contributed by atoms with E-state index in [0.717, 1.165) is 48.9 Å². The number of methoxy groups -OCH3 is 1. The summed E-state index contributed by atoms with van der Waals surface area (Å²) in [6.07, 6.45) is 6.22. The second-order valence-electron chi connectivity index (χ2n) is 9.45. The molecule has 2 aromatic rings. The summed E-state index contributed by atoms with van der Waals surface area (Å²) in [5, 5.41) is 7.14. The first kappa shape index (κ1) is 21.3. The lowest BCUT2D eigenvalue weighted by molar-refractivity contribution is 0.132. The van der Waals surface area contributed by atoms with Gasteiger partial charge >= 0.3 is 6.03 Å². The lowest BCUT2D eigenvalue weighted by atomic mass is 9.94. The van der Waals surface area contributed by atoms with Crippen LogP contribution in [0.2, 0.25) is 0 Å². The molecule has 172 valence electrons. The minimum Gasteiger partial charge on any atom is -0.469 e. The van der Waals surface area contributed by atoms with Crippen LogP contribution in [0.3, 0.4) is 0 Å². The van der Waals surface area contributed by atoms with E-state index in [1.54, 1.807) is 11.8 Å². The topological polar surface area (TPSA) is 118 Å². The van der Waals surface area contributed by atoms with Crippen molar-refractivity contribution >= 4 is 21.6 Å². The third-order valence-corrected chi connectivity index (χ3v) is 7.88. The number of benzene rings is 1. The third-order valence-electron chi connectivity index (χ3n) is 6.51. The van der Waals surface area contributed by atoms with Gasteiger partial charge in [0.1, 0.15) is 10.5 Å². The fraction of sp³-hybridized carbons (Fsp3) is 0.545. The summed E-state index contributed by atoms with van der Waals surface area (Å²) >= 11 is 0. The molecule has 0 saturated carbocycles. The smallest absolute Gasteiger partial charge is 0.331 e. The molecule has 2 atom stereocenters. The fourth-order valence-electron chi connectivity index (χ4n) is 5.23. The summed E-state index contributed by atoms with van der Waals surface area (Å²) < 4.78 is 36.8. The number of rotatable bonds is 5. The van der Waals surface area contributed by atoms with Crippen LogP contribution in [0.25, 0.3) is 0 Å². The molecule has 32 heavy (non-hydrogen) atoms. The van der Waals surface area contributed by atoms with Gasteiger partial charge in [-0.2, -0.15) is 5.10 Å². The number of nitrogens with zero attached hydrogens (tertiary/aromatic N) is 2. The average Bonchev–Trinajstić information content (AvgIpc) is 3.44. The van der Waals surface area contributed by atoms with E-state index >= 15 is 0 Å². The van der Waals surface area contributed by atoms with Crippen molar-refractivity contribution in [3.63, 3.8) is 0 Å². The molecule has 3 N–H and O–H groups in total. The molecule has 1 aromatic carbocycles. The molecule has 10 heteroatoms. The summed E-state index contributed by atoms with van der Waals surface area (Å²) in [7, 11) is -1.97. The number of carbonyl (C=O) groups excluding carboxylic acids is 1. The zero-order valence-corrected chi connectivity index (χ0v) is 19.4. The number of anilines is 1. The van der Waals surface area contributed by atoms with Gasteiger partial charge in [-0.3, -0.25) is 0 Å². The summed E-state index contributed by atoms with van der Waals surface area (Å²) in [5.74, 6) is 0.489. The van der Waals surface area contributed by atoms with E-state index in [1.165, 1.54) is 17.3 Å². The van der Waals surface area contributed by atoms with Gasteiger partial charge in [-0.05, 0) is 68.2 Å². The Morgan fingerprint density at radius 1 is 1.38 bits per heavy atom. The molecule has 2 amide bonds. The first-order valence-corrected chi connectivity index (χ1v) is 12.5. The molecular weight excluding hydrogens is 430 g/mol. The van der Waals surface area contributed by atoms with Crippen LogP contribution in [0.5, 0.6) is 5.88 Å². The van der Waals surface area contributed by atoms with Crippen molar-refractivity contribution < 1.29 is 18.5 Å². The van der Waals surface area contributed by atoms with Crippen LogP contribution in [-0.4, -0.2) is 39.3 Å². The molecule has 0 fully saturated rings. The Balaban J connectivity index is 1.42. The second kappa shape index (κ2) is 7.48. The molecule has 0 saturated heterocycles. The van der Waals surface area contributed by atoms with Gasteiger partial charge in [-0.15, -0.1) is 0 Å². The molecule has 1 aromatic heterocycles. The van der Waals surface area contributed by atoms with Gasteiger partial charge in [0.2, 0.25) is 5.88 Å². The van der Waals surface area contributed by atoms with Gasteiger partial charge in [0.25, 0.3) is 0 Å². The highest BCUT2D eigenvalue weighted by Crippen LogP contribution is 2.44. The van der Waals surface area contributed by atoms with Gasteiger partial charge in [0, 0.05) is 18.7 Å². The maximum Gasteiger partial charge on any atom is 0.331 e. The predicted octanol–water partition coefficient (Wildman–Crippen LogP) is 3.36. The maximum absolute atomic E-state index is 13.2. The Morgan fingerprint density at radius 2 is 2.19 bits per heavy atom. The van der Waals surface area contributed by atoms with Gasteiger partial charge in [0.05, 0.1) is 19.3 Å². The molecule has 0 spiro atoms. The summed E-state index contributed by atoms with van der Waals surface area (Å²) in [4.78, 5) is 13.1. The lowest BCUT2D eigenvalue weighted by Crippen LogP contribution is -2.34. The second-order valence-corrected chi connectivity index (χ2v) is 11.2. The minimum absolute atomic E-state index is 0.0824. The number of carbonyl (C=O) groups is 1. The number of hydrogen-bond acceptors (Lipinski definition) is 6. The van der Waals surface area contributed by atoms with Crippen LogP contribution in [0, 0.1) is 4.78 Å². The zero-order valence-electron chi connectivity index (χ0n) is 18.6. The normalized spacial score (nSPS) is 21.9. The largest absolute Gasteiger partial charge is 0.469 e. The molecule has 3 aliphatic rings. The molecule has 1 unspecified atom stereocenters. The SMILES string of the molecule is COC[C@@H]1CCc2cc3c(c(NC(=O)NS(=N)(=O)c4cnn5c4OC(C)(C)C5)c21)CCC3. The van der Waals surface area contributed by atoms with E-state index in [0.29, 0.717) is 13.2 Å². The van der Waals surface area contributed by atoms with Crippen LogP contribution in [-0.2, 0) is 40.5 Å². The van der Waals surface area contributed by atoms with Crippen molar-refractivity contribution in [3.8, 4) is 5.88 Å². The highest BCUT2D eigenvalue weighted by atomic mass is 32.2. The average molecular weight is 460 g/mol. The van der Waals surface area contributed by atoms with Crippen molar-refractivity contribution in [2.24, 2.45) is 0 Å². The van der Waals surface area contributed by atoms with Crippen LogP contribution in [0.15, 0.2) is 17.2 Å². The summed E-state index contributed by atoms with van der Waals surface area (Å²) in [5.41, 5.74) is 5.09. The van der Waals surface area contributed by atoms with E-state index in [9.17, 15) is 9.00 Å². The molecule has 2 heterocycles.